The first-order valence-corrected chi connectivity index (χ1v) is 7.89. The van der Waals surface area contributed by atoms with E-state index in [9.17, 15) is 18.7 Å². The third-order valence-electron chi connectivity index (χ3n) is 5.05. The fourth-order valence-electron chi connectivity index (χ4n) is 3.40. The van der Waals surface area contributed by atoms with Crippen LogP contribution in [0.2, 0.25) is 0 Å². The normalized spacial score (nSPS) is 21.5. The summed E-state index contributed by atoms with van der Waals surface area (Å²) in [5.41, 5.74) is 0.236. The fourth-order valence-corrected chi connectivity index (χ4v) is 3.40. The van der Waals surface area contributed by atoms with Gasteiger partial charge >= 0.3 is 0 Å². The standard InChI is InChI=1S/C17H17F2N3O2/c1-10-7-22(15-11(18)3-2-4-12(15)19)20-14(10)16(24)21-8-13(23)17(9-21)5-6-17/h2-4,7,13,23H,5-6,8-9H2,1H3. The summed E-state index contributed by atoms with van der Waals surface area (Å²) < 4.78 is 28.9. The molecule has 2 heterocycles. The van der Waals surface area contributed by atoms with Crippen molar-refractivity contribution in [2.24, 2.45) is 5.41 Å². The van der Waals surface area contributed by atoms with Crippen LogP contribution in [0.1, 0.15) is 28.9 Å². The molecule has 1 unspecified atom stereocenters. The van der Waals surface area contributed by atoms with Crippen molar-refractivity contribution in [2.75, 3.05) is 13.1 Å². The number of amides is 1. The minimum Gasteiger partial charge on any atom is -0.391 e. The van der Waals surface area contributed by atoms with Gasteiger partial charge in [-0.3, -0.25) is 4.79 Å². The highest BCUT2D eigenvalue weighted by Gasteiger charge is 2.55. The highest BCUT2D eigenvalue weighted by Crippen LogP contribution is 2.52. The SMILES string of the molecule is Cc1cn(-c2c(F)cccc2F)nc1C(=O)N1CC(O)C2(CC2)C1. The number of halogens is 2. The van der Waals surface area contributed by atoms with E-state index in [1.165, 1.54) is 12.3 Å². The Balaban J connectivity index is 1.66. The molecule has 1 aromatic carbocycles. The van der Waals surface area contributed by atoms with Crippen molar-refractivity contribution < 1.29 is 18.7 Å². The van der Waals surface area contributed by atoms with Crippen LogP contribution in [0.15, 0.2) is 24.4 Å². The zero-order valence-electron chi connectivity index (χ0n) is 13.2. The van der Waals surface area contributed by atoms with E-state index in [0.717, 1.165) is 29.7 Å². The minimum atomic E-state index is -0.745. The number of hydrogen-bond acceptors (Lipinski definition) is 3. The van der Waals surface area contributed by atoms with Crippen molar-refractivity contribution in [1.82, 2.24) is 14.7 Å². The number of nitrogens with zero attached hydrogens (tertiary/aromatic N) is 3. The number of carbonyl (C=O) groups is 1. The Morgan fingerprint density at radius 2 is 2.00 bits per heavy atom. The highest BCUT2D eigenvalue weighted by molar-refractivity contribution is 5.94. The van der Waals surface area contributed by atoms with Gasteiger partial charge in [-0.2, -0.15) is 5.10 Å². The molecule has 0 bridgehead atoms. The summed E-state index contributed by atoms with van der Waals surface area (Å²) in [6.45, 7) is 2.46. The van der Waals surface area contributed by atoms with Crippen LogP contribution in [0.3, 0.4) is 0 Å². The van der Waals surface area contributed by atoms with Crippen LogP contribution in [-0.4, -0.2) is 44.9 Å². The molecule has 2 aliphatic rings. The first-order valence-electron chi connectivity index (χ1n) is 7.89. The first-order chi connectivity index (χ1) is 11.4. The lowest BCUT2D eigenvalue weighted by molar-refractivity contribution is 0.0757. The predicted octanol–water partition coefficient (Wildman–Crippen LogP) is 2.06. The molecule has 1 saturated carbocycles. The largest absolute Gasteiger partial charge is 0.391 e. The Morgan fingerprint density at radius 3 is 2.58 bits per heavy atom. The molecule has 1 aromatic heterocycles. The fraction of sp³-hybridized carbons (Fsp3) is 0.412. The van der Waals surface area contributed by atoms with Gasteiger partial charge in [-0.1, -0.05) is 6.07 Å². The Hall–Kier alpha value is -2.28. The van der Waals surface area contributed by atoms with Gasteiger partial charge in [0.1, 0.15) is 5.69 Å². The molecule has 126 valence electrons. The van der Waals surface area contributed by atoms with E-state index in [0.29, 0.717) is 12.1 Å². The van der Waals surface area contributed by atoms with E-state index in [-0.39, 0.29) is 29.2 Å². The van der Waals surface area contributed by atoms with Gasteiger partial charge in [-0.25, -0.2) is 13.5 Å². The molecule has 1 saturated heterocycles. The molecular formula is C17H17F2N3O2. The summed E-state index contributed by atoms with van der Waals surface area (Å²) >= 11 is 0. The number of aliphatic hydroxyl groups excluding tert-OH is 1. The van der Waals surface area contributed by atoms with Crippen LogP contribution in [-0.2, 0) is 0 Å². The van der Waals surface area contributed by atoms with Crippen molar-refractivity contribution in [3.05, 3.63) is 47.3 Å². The lowest BCUT2D eigenvalue weighted by Crippen LogP contribution is -2.30. The summed E-state index contributed by atoms with van der Waals surface area (Å²) in [6, 6.07) is 3.56. The number of benzene rings is 1. The molecule has 2 aromatic rings. The summed E-state index contributed by atoms with van der Waals surface area (Å²) in [5.74, 6) is -1.80. The van der Waals surface area contributed by atoms with Crippen molar-refractivity contribution in [2.45, 2.75) is 25.9 Å². The molecule has 2 fully saturated rings. The van der Waals surface area contributed by atoms with E-state index in [2.05, 4.69) is 5.10 Å². The monoisotopic (exact) mass is 333 g/mol. The number of likely N-dealkylation sites (tertiary alicyclic amines) is 1. The molecule has 1 aliphatic heterocycles. The average molecular weight is 333 g/mol. The molecule has 1 aliphatic carbocycles. The number of rotatable bonds is 2. The Kier molecular flexibility index (Phi) is 3.25. The summed E-state index contributed by atoms with van der Waals surface area (Å²) in [5, 5.41) is 14.2. The predicted molar refractivity (Wildman–Crippen MR) is 81.8 cm³/mol. The summed E-state index contributed by atoms with van der Waals surface area (Å²) in [4.78, 5) is 14.3. The van der Waals surface area contributed by atoms with Crippen molar-refractivity contribution in [1.29, 1.82) is 0 Å². The van der Waals surface area contributed by atoms with Crippen LogP contribution in [0.25, 0.3) is 5.69 Å². The Bertz CT molecular complexity index is 809. The highest BCUT2D eigenvalue weighted by atomic mass is 19.1. The van der Waals surface area contributed by atoms with Crippen LogP contribution in [0.4, 0.5) is 8.78 Å². The molecule has 24 heavy (non-hydrogen) atoms. The molecule has 1 atom stereocenters. The van der Waals surface area contributed by atoms with Crippen molar-refractivity contribution in [3.8, 4) is 5.69 Å². The van der Waals surface area contributed by atoms with E-state index in [1.54, 1.807) is 11.8 Å². The molecule has 7 heteroatoms. The van der Waals surface area contributed by atoms with Gasteiger partial charge < -0.3 is 10.0 Å². The maximum absolute atomic E-state index is 13.9. The van der Waals surface area contributed by atoms with Gasteiger partial charge in [0.05, 0.1) is 6.10 Å². The van der Waals surface area contributed by atoms with Crippen LogP contribution in [0.5, 0.6) is 0 Å². The first kappa shape index (κ1) is 15.3. The lowest BCUT2D eigenvalue weighted by atomic mass is 10.0. The maximum atomic E-state index is 13.9. The van der Waals surface area contributed by atoms with Crippen LogP contribution >= 0.6 is 0 Å². The topological polar surface area (TPSA) is 58.4 Å². The molecule has 4 rings (SSSR count). The second-order valence-corrected chi connectivity index (χ2v) is 6.74. The molecular weight excluding hydrogens is 316 g/mol. The quantitative estimate of drug-likeness (QED) is 0.915. The average Bonchev–Trinajstić information content (AvgIpc) is 3.11. The molecule has 1 amide bonds. The van der Waals surface area contributed by atoms with Crippen LogP contribution < -0.4 is 0 Å². The second kappa shape index (κ2) is 5.11. The Labute approximate surface area is 137 Å². The van der Waals surface area contributed by atoms with Gasteiger partial charge in [-0.05, 0) is 31.9 Å². The number of para-hydroxylation sites is 1. The smallest absolute Gasteiger partial charge is 0.274 e. The van der Waals surface area contributed by atoms with Gasteiger partial charge in [0.25, 0.3) is 5.91 Å². The summed E-state index contributed by atoms with van der Waals surface area (Å²) in [6.07, 6.45) is 2.78. The molecule has 1 N–H and O–H groups in total. The number of hydrogen-bond donors (Lipinski definition) is 1. The zero-order valence-corrected chi connectivity index (χ0v) is 13.2. The number of aryl methyl sites for hydroxylation is 1. The van der Waals surface area contributed by atoms with Gasteiger partial charge in [0.15, 0.2) is 17.3 Å². The van der Waals surface area contributed by atoms with E-state index < -0.39 is 17.7 Å². The second-order valence-electron chi connectivity index (χ2n) is 6.74. The zero-order chi connectivity index (χ0) is 17.1. The van der Waals surface area contributed by atoms with Gasteiger partial charge in [0, 0.05) is 30.3 Å². The number of β-amino-alcohol motifs (C(OH)–C–C–N with tert-alkyl or cyclic N) is 1. The minimum absolute atomic E-state index is 0.149. The van der Waals surface area contributed by atoms with E-state index in [4.69, 9.17) is 0 Å². The molecule has 5 nitrogen and oxygen atoms in total. The number of aromatic nitrogens is 2. The number of aliphatic hydroxyl groups is 1. The van der Waals surface area contributed by atoms with E-state index in [1.807, 2.05) is 0 Å². The molecule has 1 spiro atoms. The maximum Gasteiger partial charge on any atom is 0.274 e. The summed E-state index contributed by atoms with van der Waals surface area (Å²) in [7, 11) is 0. The lowest BCUT2D eigenvalue weighted by Gasteiger charge is -2.14. The third-order valence-corrected chi connectivity index (χ3v) is 5.05. The number of carbonyl (C=O) groups excluding carboxylic acids is 1. The van der Waals surface area contributed by atoms with Gasteiger partial charge in [0.2, 0.25) is 0 Å². The Morgan fingerprint density at radius 1 is 1.33 bits per heavy atom. The van der Waals surface area contributed by atoms with Gasteiger partial charge in [-0.15, -0.1) is 0 Å². The molecule has 0 radical (unpaired) electrons. The van der Waals surface area contributed by atoms with Crippen LogP contribution in [0, 0.1) is 24.0 Å². The third kappa shape index (κ3) is 2.23. The van der Waals surface area contributed by atoms with Crippen molar-refractivity contribution >= 4 is 5.91 Å². The van der Waals surface area contributed by atoms with Crippen molar-refractivity contribution in [3.63, 3.8) is 0 Å². The van der Waals surface area contributed by atoms with E-state index >= 15 is 0 Å².